The van der Waals surface area contributed by atoms with Gasteiger partial charge in [-0.05, 0) is 55.5 Å². The van der Waals surface area contributed by atoms with Crippen molar-refractivity contribution in [3.63, 3.8) is 0 Å². The summed E-state index contributed by atoms with van der Waals surface area (Å²) in [6, 6.07) is 12.6. The van der Waals surface area contributed by atoms with Crippen LogP contribution in [0.3, 0.4) is 0 Å². The molecule has 6 rings (SSSR count). The summed E-state index contributed by atoms with van der Waals surface area (Å²) in [7, 11) is 0. The molecule has 0 atom stereocenters. The summed E-state index contributed by atoms with van der Waals surface area (Å²) >= 11 is 1.50. The summed E-state index contributed by atoms with van der Waals surface area (Å²) in [6.45, 7) is 1.85. The van der Waals surface area contributed by atoms with Crippen LogP contribution in [0.1, 0.15) is 17.3 Å². The lowest BCUT2D eigenvalue weighted by Gasteiger charge is -2.10. The number of anilines is 1. The predicted molar refractivity (Wildman–Crippen MR) is 156 cm³/mol. The van der Waals surface area contributed by atoms with Gasteiger partial charge in [-0.2, -0.15) is 5.10 Å². The number of carbonyl (C=O) groups is 1. The van der Waals surface area contributed by atoms with E-state index in [2.05, 4.69) is 10.1 Å². The summed E-state index contributed by atoms with van der Waals surface area (Å²) in [5, 5.41) is 15.2. The largest absolute Gasteiger partial charge is 0.477 e. The van der Waals surface area contributed by atoms with Crippen molar-refractivity contribution in [3.05, 3.63) is 122 Å². The maximum atomic E-state index is 14.0. The number of ether oxygens (including phenoxy) is 1. The number of aromatic carboxylic acids is 1. The number of thiazole rings is 1. The van der Waals surface area contributed by atoms with Crippen LogP contribution in [0.4, 0.5) is 14.5 Å². The molecule has 6 aromatic rings. The summed E-state index contributed by atoms with van der Waals surface area (Å²) in [6.07, 6.45) is 4.52. The maximum Gasteiger partial charge on any atom is 0.342 e. The Labute approximate surface area is 245 Å². The molecule has 0 fully saturated rings. The molecule has 43 heavy (non-hydrogen) atoms. The highest BCUT2D eigenvalue weighted by Gasteiger charge is 2.17. The molecule has 4 aromatic heterocycles. The lowest BCUT2D eigenvalue weighted by atomic mass is 10.2. The van der Waals surface area contributed by atoms with Crippen molar-refractivity contribution in [1.29, 1.82) is 0 Å². The zero-order chi connectivity index (χ0) is 30.7. The van der Waals surface area contributed by atoms with Gasteiger partial charge in [0.15, 0.2) is 17.3 Å². The minimum Gasteiger partial charge on any atom is -0.477 e. The lowest BCUT2D eigenvalue weighted by Crippen LogP contribution is -2.41. The number of aryl methyl sites for hydroxylation is 1. The van der Waals surface area contributed by atoms with Gasteiger partial charge < -0.3 is 15.6 Å². The molecule has 0 aliphatic carbocycles. The fourth-order valence-electron chi connectivity index (χ4n) is 4.08. The molecular formula is C29H22F2N6O5S. The summed E-state index contributed by atoms with van der Waals surface area (Å²) in [5.74, 6) is -1.85. The van der Waals surface area contributed by atoms with Crippen molar-refractivity contribution < 1.29 is 23.4 Å². The number of fused-ring (bicyclic) bond motifs is 1. The van der Waals surface area contributed by atoms with Gasteiger partial charge in [-0.3, -0.25) is 9.36 Å². The highest BCUT2D eigenvalue weighted by Crippen LogP contribution is 2.32. The Kier molecular flexibility index (Phi) is 8.11. The molecule has 0 saturated heterocycles. The fourth-order valence-corrected chi connectivity index (χ4v) is 4.65. The van der Waals surface area contributed by atoms with Crippen LogP contribution in [0, 0.1) is 11.6 Å². The number of nitrogens with two attached hydrogens (primary N) is 1. The van der Waals surface area contributed by atoms with Gasteiger partial charge >= 0.3 is 11.7 Å². The molecule has 0 unspecified atom stereocenters. The van der Waals surface area contributed by atoms with Crippen molar-refractivity contribution in [3.8, 4) is 28.4 Å². The predicted octanol–water partition coefficient (Wildman–Crippen LogP) is 4.83. The molecule has 0 amide bonds. The molecule has 0 bridgehead atoms. The number of aromatic nitrogens is 5. The van der Waals surface area contributed by atoms with E-state index < -0.39 is 34.4 Å². The summed E-state index contributed by atoms with van der Waals surface area (Å²) in [5.41, 5.74) is 8.04. The number of carboxylic acid groups (broad SMARTS) is 1. The molecule has 0 aliphatic rings. The average molecular weight is 605 g/mol. The number of halogens is 2. The zero-order valence-corrected chi connectivity index (χ0v) is 23.2. The first-order chi connectivity index (χ1) is 20.7. The van der Waals surface area contributed by atoms with E-state index in [0.29, 0.717) is 16.0 Å². The fraction of sp³-hybridized carbons (Fsp3) is 0.0690. The second kappa shape index (κ2) is 12.1. The smallest absolute Gasteiger partial charge is 0.342 e. The van der Waals surface area contributed by atoms with Crippen LogP contribution in [0.25, 0.3) is 22.5 Å². The quantitative estimate of drug-likeness (QED) is 0.257. The first kappa shape index (κ1) is 28.9. The van der Waals surface area contributed by atoms with E-state index >= 15 is 0 Å². The topological polar surface area (TPSA) is 147 Å². The van der Waals surface area contributed by atoms with Gasteiger partial charge in [-0.1, -0.05) is 0 Å². The highest BCUT2D eigenvalue weighted by atomic mass is 32.1. The van der Waals surface area contributed by atoms with Crippen LogP contribution in [-0.2, 0) is 6.54 Å². The Bertz CT molecular complexity index is 2050. The van der Waals surface area contributed by atoms with Crippen LogP contribution >= 0.6 is 11.3 Å². The molecule has 11 nitrogen and oxygen atoms in total. The molecule has 14 heteroatoms. The average Bonchev–Trinajstić information content (AvgIpc) is 3.69. The van der Waals surface area contributed by atoms with E-state index in [1.807, 2.05) is 17.6 Å². The standard InChI is InChI=1S/C16H11FN4OS.C13H11FN2O4/c17-12-6-11(18)1-2-15(12)22-16-5-10(13-8-23-9-19-13)7-21-14(16)3-4-20-21;1-2-15-7-10(12(18)19)11(17)16(13(15)20)9-5-3-8(14)4-6-9/h1-9H,18H2;3-7H,2H2,1H3,(H,18,19). The first-order valence-electron chi connectivity index (χ1n) is 12.6. The second-order valence-corrected chi connectivity index (χ2v) is 9.67. The van der Waals surface area contributed by atoms with E-state index in [-0.39, 0.29) is 18.0 Å². The zero-order valence-electron chi connectivity index (χ0n) is 22.3. The van der Waals surface area contributed by atoms with Crippen LogP contribution < -0.4 is 21.7 Å². The van der Waals surface area contributed by atoms with E-state index in [4.69, 9.17) is 15.6 Å². The molecule has 0 aliphatic heterocycles. The monoisotopic (exact) mass is 604 g/mol. The minimum atomic E-state index is -1.42. The lowest BCUT2D eigenvalue weighted by molar-refractivity contribution is 0.0693. The number of nitrogens with zero attached hydrogens (tertiary/aromatic N) is 5. The molecular weight excluding hydrogens is 582 g/mol. The second-order valence-electron chi connectivity index (χ2n) is 8.95. The van der Waals surface area contributed by atoms with Crippen molar-refractivity contribution >= 4 is 28.5 Å². The first-order valence-corrected chi connectivity index (χ1v) is 13.5. The summed E-state index contributed by atoms with van der Waals surface area (Å²) < 4.78 is 36.1. The van der Waals surface area contributed by atoms with Crippen LogP contribution in [0.2, 0.25) is 0 Å². The molecule has 4 heterocycles. The number of hydrogen-bond acceptors (Lipinski definition) is 8. The van der Waals surface area contributed by atoms with E-state index in [0.717, 1.165) is 39.7 Å². The minimum absolute atomic E-state index is 0.109. The van der Waals surface area contributed by atoms with Crippen molar-refractivity contribution in [2.24, 2.45) is 0 Å². The van der Waals surface area contributed by atoms with Crippen molar-refractivity contribution in [2.75, 3.05) is 5.73 Å². The van der Waals surface area contributed by atoms with Gasteiger partial charge in [0.25, 0.3) is 5.56 Å². The summed E-state index contributed by atoms with van der Waals surface area (Å²) in [4.78, 5) is 39.5. The van der Waals surface area contributed by atoms with E-state index in [1.54, 1.807) is 35.3 Å². The molecule has 3 N–H and O–H groups in total. The Morgan fingerprint density at radius 2 is 1.81 bits per heavy atom. The SMILES string of the molecule is CCn1cc(C(=O)O)c(=O)n(-c2ccc(F)cc2)c1=O.Nc1ccc(Oc2cc(-c3cscn3)cn3nccc23)c(F)c1. The molecule has 2 aromatic carbocycles. The molecule has 0 radical (unpaired) electrons. The maximum absolute atomic E-state index is 14.0. The van der Waals surface area contributed by atoms with Crippen LogP contribution in [0.5, 0.6) is 11.5 Å². The number of carboxylic acids is 1. The Morgan fingerprint density at radius 3 is 2.47 bits per heavy atom. The van der Waals surface area contributed by atoms with Crippen LogP contribution in [-0.4, -0.2) is 34.8 Å². The Hall–Kier alpha value is -5.63. The normalized spacial score (nSPS) is 10.8. The third-order valence-corrected chi connectivity index (χ3v) is 6.77. The van der Waals surface area contributed by atoms with Crippen LogP contribution in [0.15, 0.2) is 93.7 Å². The third-order valence-electron chi connectivity index (χ3n) is 6.19. The van der Waals surface area contributed by atoms with E-state index in [1.165, 1.54) is 35.6 Å². The Balaban J connectivity index is 0.000000173. The molecule has 0 saturated carbocycles. The molecule has 218 valence electrons. The Morgan fingerprint density at radius 1 is 1.05 bits per heavy atom. The van der Waals surface area contributed by atoms with Gasteiger partial charge in [0, 0.05) is 41.6 Å². The van der Waals surface area contributed by atoms with Crippen molar-refractivity contribution in [2.45, 2.75) is 13.5 Å². The van der Waals surface area contributed by atoms with Gasteiger partial charge in [-0.25, -0.2) is 32.4 Å². The highest BCUT2D eigenvalue weighted by molar-refractivity contribution is 7.07. The molecule has 0 spiro atoms. The third kappa shape index (κ3) is 6.04. The number of hydrogen-bond donors (Lipinski definition) is 2. The number of nitrogen functional groups attached to an aromatic ring is 1. The van der Waals surface area contributed by atoms with Crippen molar-refractivity contribution in [1.82, 2.24) is 23.7 Å². The van der Waals surface area contributed by atoms with Gasteiger partial charge in [0.05, 0.1) is 23.1 Å². The number of rotatable bonds is 6. The van der Waals surface area contributed by atoms with Gasteiger partial charge in [0.2, 0.25) is 0 Å². The number of pyridine rings is 1. The number of benzene rings is 2. The van der Waals surface area contributed by atoms with Gasteiger partial charge in [-0.15, -0.1) is 11.3 Å². The van der Waals surface area contributed by atoms with Gasteiger partial charge in [0.1, 0.15) is 16.9 Å². The van der Waals surface area contributed by atoms with E-state index in [9.17, 15) is 23.2 Å².